The summed E-state index contributed by atoms with van der Waals surface area (Å²) in [5.41, 5.74) is 6.40. The number of nitrogens with one attached hydrogen (secondary N) is 1. The Balaban J connectivity index is 2.81. The van der Waals surface area contributed by atoms with Crippen molar-refractivity contribution in [1.82, 2.24) is 5.32 Å². The average Bonchev–Trinajstić information content (AvgIpc) is 2.53. The quantitative estimate of drug-likeness (QED) is 0.252. The molecular weight excluding hydrogens is 270 g/mol. The van der Waals surface area contributed by atoms with Crippen molar-refractivity contribution in [3.8, 4) is 5.75 Å². The summed E-state index contributed by atoms with van der Waals surface area (Å²) in [6, 6.07) is 5.31. The SMILES string of the molecule is CCC(O)(CC)CNCc1cc(/C(N)=N/O)ccc1OC. The van der Waals surface area contributed by atoms with Crippen LogP contribution in [-0.2, 0) is 6.54 Å². The van der Waals surface area contributed by atoms with Crippen LogP contribution in [0.2, 0.25) is 0 Å². The maximum atomic E-state index is 10.2. The van der Waals surface area contributed by atoms with Crippen molar-refractivity contribution < 1.29 is 15.1 Å². The third-order valence-electron chi connectivity index (χ3n) is 3.77. The predicted molar refractivity (Wildman–Crippen MR) is 82.7 cm³/mol. The molecule has 6 nitrogen and oxygen atoms in total. The van der Waals surface area contributed by atoms with Crippen LogP contribution in [-0.4, -0.2) is 35.4 Å². The van der Waals surface area contributed by atoms with Gasteiger partial charge in [-0.2, -0.15) is 0 Å². The van der Waals surface area contributed by atoms with Crippen LogP contribution in [0.4, 0.5) is 0 Å². The number of benzene rings is 1. The fraction of sp³-hybridized carbons (Fsp3) is 0.533. The van der Waals surface area contributed by atoms with E-state index < -0.39 is 5.60 Å². The molecule has 0 saturated heterocycles. The number of hydrogen-bond acceptors (Lipinski definition) is 5. The largest absolute Gasteiger partial charge is 0.496 e. The van der Waals surface area contributed by atoms with Gasteiger partial charge in [0, 0.05) is 24.2 Å². The molecule has 0 bridgehead atoms. The number of amidine groups is 1. The van der Waals surface area contributed by atoms with E-state index in [0.29, 0.717) is 37.2 Å². The minimum Gasteiger partial charge on any atom is -0.496 e. The molecule has 0 atom stereocenters. The first-order valence-corrected chi connectivity index (χ1v) is 7.07. The Morgan fingerprint density at radius 2 is 2.05 bits per heavy atom. The van der Waals surface area contributed by atoms with Crippen LogP contribution in [0, 0.1) is 0 Å². The Hall–Kier alpha value is -1.79. The first kappa shape index (κ1) is 17.3. The molecule has 6 heteroatoms. The van der Waals surface area contributed by atoms with E-state index in [0.717, 1.165) is 5.56 Å². The molecule has 0 aromatic heterocycles. The molecule has 5 N–H and O–H groups in total. The number of nitrogens with two attached hydrogens (primary N) is 1. The van der Waals surface area contributed by atoms with Gasteiger partial charge < -0.3 is 26.1 Å². The van der Waals surface area contributed by atoms with Gasteiger partial charge in [-0.05, 0) is 31.0 Å². The van der Waals surface area contributed by atoms with E-state index >= 15 is 0 Å². The lowest BCUT2D eigenvalue weighted by atomic mass is 9.97. The topological polar surface area (TPSA) is 100 Å². The molecule has 1 aromatic carbocycles. The van der Waals surface area contributed by atoms with Crippen molar-refractivity contribution >= 4 is 5.84 Å². The normalized spacial score (nSPS) is 12.5. The van der Waals surface area contributed by atoms with E-state index in [2.05, 4.69) is 10.5 Å². The maximum Gasteiger partial charge on any atom is 0.170 e. The molecule has 0 radical (unpaired) electrons. The number of oxime groups is 1. The van der Waals surface area contributed by atoms with Gasteiger partial charge in [0.15, 0.2) is 5.84 Å². The van der Waals surface area contributed by atoms with Crippen molar-refractivity contribution in [2.45, 2.75) is 38.8 Å². The predicted octanol–water partition coefficient (Wildman–Crippen LogP) is 1.43. The Morgan fingerprint density at radius 3 is 2.57 bits per heavy atom. The first-order valence-electron chi connectivity index (χ1n) is 7.07. The highest BCUT2D eigenvalue weighted by molar-refractivity contribution is 5.97. The van der Waals surface area contributed by atoms with Crippen LogP contribution in [0.1, 0.15) is 37.8 Å². The van der Waals surface area contributed by atoms with Gasteiger partial charge in [-0.25, -0.2) is 0 Å². The molecule has 0 aliphatic heterocycles. The smallest absolute Gasteiger partial charge is 0.170 e. The van der Waals surface area contributed by atoms with Crippen molar-refractivity contribution in [3.05, 3.63) is 29.3 Å². The van der Waals surface area contributed by atoms with Gasteiger partial charge in [-0.1, -0.05) is 19.0 Å². The molecule has 0 unspecified atom stereocenters. The van der Waals surface area contributed by atoms with Gasteiger partial charge in [-0.3, -0.25) is 0 Å². The number of ether oxygens (including phenoxy) is 1. The molecule has 0 heterocycles. The number of hydrogen-bond donors (Lipinski definition) is 4. The molecule has 0 aliphatic carbocycles. The summed E-state index contributed by atoms with van der Waals surface area (Å²) >= 11 is 0. The molecule has 21 heavy (non-hydrogen) atoms. The van der Waals surface area contributed by atoms with E-state index in [4.69, 9.17) is 15.7 Å². The molecule has 0 fully saturated rings. The van der Waals surface area contributed by atoms with Gasteiger partial charge >= 0.3 is 0 Å². The standard InChI is InChI=1S/C15H25N3O3/c1-4-15(19,5-2)10-17-9-12-8-11(14(16)18-20)6-7-13(12)21-3/h6-8,17,19-20H,4-5,9-10H2,1-3H3,(H2,16,18). The van der Waals surface area contributed by atoms with Gasteiger partial charge in [0.25, 0.3) is 0 Å². The molecule has 0 spiro atoms. The summed E-state index contributed by atoms with van der Waals surface area (Å²) in [6.45, 7) is 4.95. The van der Waals surface area contributed by atoms with Gasteiger partial charge in [0.2, 0.25) is 0 Å². The highest BCUT2D eigenvalue weighted by Crippen LogP contribution is 2.20. The van der Waals surface area contributed by atoms with Gasteiger partial charge in [-0.15, -0.1) is 0 Å². The lowest BCUT2D eigenvalue weighted by Gasteiger charge is -2.25. The number of methoxy groups -OCH3 is 1. The second-order valence-electron chi connectivity index (χ2n) is 5.05. The van der Waals surface area contributed by atoms with Crippen LogP contribution in [0.3, 0.4) is 0 Å². The fourth-order valence-electron chi connectivity index (χ4n) is 2.06. The minimum atomic E-state index is -0.698. The minimum absolute atomic E-state index is 0.0533. The van der Waals surface area contributed by atoms with Crippen LogP contribution in [0.25, 0.3) is 0 Å². The highest BCUT2D eigenvalue weighted by Gasteiger charge is 2.21. The number of nitrogens with zero attached hydrogens (tertiary/aromatic N) is 1. The van der Waals surface area contributed by atoms with E-state index in [1.807, 2.05) is 13.8 Å². The zero-order valence-electron chi connectivity index (χ0n) is 12.9. The second kappa shape index (κ2) is 7.85. The highest BCUT2D eigenvalue weighted by atomic mass is 16.5. The first-order chi connectivity index (χ1) is 9.99. The zero-order chi connectivity index (χ0) is 15.9. The van der Waals surface area contributed by atoms with Crippen molar-refractivity contribution in [2.24, 2.45) is 10.9 Å². The molecular formula is C15H25N3O3. The van der Waals surface area contributed by atoms with E-state index in [1.54, 1.807) is 25.3 Å². The van der Waals surface area contributed by atoms with E-state index in [1.165, 1.54) is 0 Å². The summed E-state index contributed by atoms with van der Waals surface area (Å²) in [4.78, 5) is 0. The molecule has 1 rings (SSSR count). The van der Waals surface area contributed by atoms with Crippen LogP contribution in [0.5, 0.6) is 5.75 Å². The molecule has 0 aliphatic rings. The Bertz CT molecular complexity index is 485. The number of aliphatic hydroxyl groups is 1. The summed E-state index contributed by atoms with van der Waals surface area (Å²) in [6.07, 6.45) is 1.38. The lowest BCUT2D eigenvalue weighted by molar-refractivity contribution is 0.0322. The zero-order valence-corrected chi connectivity index (χ0v) is 12.9. The van der Waals surface area contributed by atoms with Crippen LogP contribution in [0.15, 0.2) is 23.4 Å². The summed E-state index contributed by atoms with van der Waals surface area (Å²) in [5, 5.41) is 25.2. The lowest BCUT2D eigenvalue weighted by Crippen LogP contribution is -2.39. The van der Waals surface area contributed by atoms with Crippen LogP contribution < -0.4 is 15.8 Å². The monoisotopic (exact) mass is 295 g/mol. The summed E-state index contributed by atoms with van der Waals surface area (Å²) in [7, 11) is 1.59. The van der Waals surface area contributed by atoms with E-state index in [-0.39, 0.29) is 5.84 Å². The molecule has 0 amide bonds. The number of rotatable bonds is 8. The molecule has 1 aromatic rings. The Morgan fingerprint density at radius 1 is 1.38 bits per heavy atom. The average molecular weight is 295 g/mol. The van der Waals surface area contributed by atoms with Gasteiger partial charge in [0.1, 0.15) is 5.75 Å². The van der Waals surface area contributed by atoms with Crippen molar-refractivity contribution in [2.75, 3.05) is 13.7 Å². The Labute approximate surface area is 125 Å². The maximum absolute atomic E-state index is 10.2. The Kier molecular flexibility index (Phi) is 6.45. The van der Waals surface area contributed by atoms with Crippen LogP contribution >= 0.6 is 0 Å². The fourth-order valence-corrected chi connectivity index (χ4v) is 2.06. The molecule has 118 valence electrons. The van der Waals surface area contributed by atoms with E-state index in [9.17, 15) is 5.11 Å². The summed E-state index contributed by atoms with van der Waals surface area (Å²) < 4.78 is 5.30. The summed E-state index contributed by atoms with van der Waals surface area (Å²) in [5.74, 6) is 0.769. The molecule has 0 saturated carbocycles. The van der Waals surface area contributed by atoms with Crippen molar-refractivity contribution in [3.63, 3.8) is 0 Å². The second-order valence-corrected chi connectivity index (χ2v) is 5.05. The van der Waals surface area contributed by atoms with Gasteiger partial charge in [0.05, 0.1) is 12.7 Å². The third-order valence-corrected chi connectivity index (χ3v) is 3.77. The van der Waals surface area contributed by atoms with Crippen molar-refractivity contribution in [1.29, 1.82) is 0 Å². The third kappa shape index (κ3) is 4.61.